The molecule has 3 aromatic rings. The van der Waals surface area contributed by atoms with Gasteiger partial charge in [0.2, 0.25) is 0 Å². The molecule has 0 bridgehead atoms. The highest BCUT2D eigenvalue weighted by molar-refractivity contribution is 5.88. The molecule has 8 nitrogen and oxygen atoms in total. The van der Waals surface area contributed by atoms with E-state index in [9.17, 15) is 4.79 Å². The summed E-state index contributed by atoms with van der Waals surface area (Å²) in [7, 11) is 0. The molecule has 2 heterocycles. The van der Waals surface area contributed by atoms with Crippen LogP contribution in [0.5, 0.6) is 0 Å². The van der Waals surface area contributed by atoms with Crippen molar-refractivity contribution in [2.45, 2.75) is 6.54 Å². The lowest BCUT2D eigenvalue weighted by atomic mass is 10.2. The molecule has 23 heavy (non-hydrogen) atoms. The van der Waals surface area contributed by atoms with Gasteiger partial charge in [0.15, 0.2) is 5.82 Å². The topological polar surface area (TPSA) is 140 Å². The van der Waals surface area contributed by atoms with Crippen molar-refractivity contribution in [1.29, 1.82) is 0 Å². The van der Waals surface area contributed by atoms with Gasteiger partial charge in [-0.2, -0.15) is 0 Å². The number of hydrogen-bond donors (Lipinski definition) is 4. The zero-order valence-corrected chi connectivity index (χ0v) is 12.0. The van der Waals surface area contributed by atoms with Crippen molar-refractivity contribution in [3.05, 3.63) is 47.8 Å². The molecule has 0 saturated carbocycles. The fourth-order valence-corrected chi connectivity index (χ4v) is 2.10. The van der Waals surface area contributed by atoms with Gasteiger partial charge in [0.05, 0.1) is 29.5 Å². The van der Waals surface area contributed by atoms with Gasteiger partial charge in [-0.1, -0.05) is 0 Å². The number of nitrogens with two attached hydrogens (primary N) is 2. The van der Waals surface area contributed by atoms with Crippen LogP contribution in [0.25, 0.3) is 11.0 Å². The molecule has 0 radical (unpaired) electrons. The van der Waals surface area contributed by atoms with Crippen LogP contribution in [0.1, 0.15) is 16.1 Å². The Hall–Kier alpha value is -3.42. The molecular formula is C15H14N6O2. The van der Waals surface area contributed by atoms with Crippen LogP contribution in [0.15, 0.2) is 36.5 Å². The zero-order chi connectivity index (χ0) is 16.4. The Morgan fingerprint density at radius 1 is 1.17 bits per heavy atom. The Balaban J connectivity index is 1.78. The monoisotopic (exact) mass is 310 g/mol. The molecule has 2 aromatic heterocycles. The Bertz CT molecular complexity index is 879. The van der Waals surface area contributed by atoms with Crippen LogP contribution in [-0.4, -0.2) is 26.0 Å². The van der Waals surface area contributed by atoms with Gasteiger partial charge in [0.1, 0.15) is 11.3 Å². The van der Waals surface area contributed by atoms with Gasteiger partial charge >= 0.3 is 5.97 Å². The first-order chi connectivity index (χ1) is 11.0. The molecule has 0 unspecified atom stereocenters. The van der Waals surface area contributed by atoms with Crippen molar-refractivity contribution in [3.63, 3.8) is 0 Å². The van der Waals surface area contributed by atoms with E-state index in [0.29, 0.717) is 29.1 Å². The van der Waals surface area contributed by atoms with E-state index in [1.807, 2.05) is 0 Å². The molecule has 116 valence electrons. The molecule has 1 aromatic carbocycles. The van der Waals surface area contributed by atoms with Crippen molar-refractivity contribution in [2.75, 3.05) is 16.8 Å². The smallest absolute Gasteiger partial charge is 0.335 e. The third kappa shape index (κ3) is 3.10. The number of aromatic nitrogens is 3. The minimum atomic E-state index is -0.959. The number of benzene rings is 1. The quantitative estimate of drug-likeness (QED) is 0.568. The Kier molecular flexibility index (Phi) is 3.63. The number of fused-ring (bicyclic) bond motifs is 1. The third-order valence-corrected chi connectivity index (χ3v) is 3.23. The number of nitrogens with zero attached hydrogens (tertiary/aromatic N) is 3. The van der Waals surface area contributed by atoms with Crippen LogP contribution in [0.3, 0.4) is 0 Å². The number of carbonyl (C=O) groups is 1. The SMILES string of the molecule is Nc1cc2ncc(CNc3ccc(C(=O)O)cc3)nc2c(N)n1. The first kappa shape index (κ1) is 14.5. The largest absolute Gasteiger partial charge is 0.478 e. The van der Waals surface area contributed by atoms with Gasteiger partial charge in [0, 0.05) is 11.8 Å². The number of carboxylic acid groups (broad SMARTS) is 1. The van der Waals surface area contributed by atoms with E-state index < -0.39 is 5.97 Å². The molecule has 6 N–H and O–H groups in total. The molecule has 0 amide bonds. The maximum Gasteiger partial charge on any atom is 0.335 e. The molecule has 8 heteroatoms. The second-order valence-electron chi connectivity index (χ2n) is 4.90. The van der Waals surface area contributed by atoms with Gasteiger partial charge in [-0.25, -0.2) is 14.8 Å². The van der Waals surface area contributed by atoms with Crippen molar-refractivity contribution >= 4 is 34.3 Å². The Morgan fingerprint density at radius 3 is 2.61 bits per heavy atom. The first-order valence-electron chi connectivity index (χ1n) is 6.78. The van der Waals surface area contributed by atoms with Gasteiger partial charge < -0.3 is 21.9 Å². The van der Waals surface area contributed by atoms with Crippen molar-refractivity contribution in [1.82, 2.24) is 15.0 Å². The van der Waals surface area contributed by atoms with Gasteiger partial charge in [-0.3, -0.25) is 4.98 Å². The van der Waals surface area contributed by atoms with Crippen LogP contribution in [-0.2, 0) is 6.54 Å². The molecule has 3 rings (SSSR count). The number of hydrogen-bond acceptors (Lipinski definition) is 7. The van der Waals surface area contributed by atoms with E-state index >= 15 is 0 Å². The molecule has 0 aliphatic heterocycles. The second-order valence-corrected chi connectivity index (χ2v) is 4.90. The summed E-state index contributed by atoms with van der Waals surface area (Å²) >= 11 is 0. The maximum atomic E-state index is 10.8. The number of nitrogen functional groups attached to an aromatic ring is 2. The minimum absolute atomic E-state index is 0.234. The average molecular weight is 310 g/mol. The summed E-state index contributed by atoms with van der Waals surface area (Å²) in [4.78, 5) is 23.5. The van der Waals surface area contributed by atoms with Crippen LogP contribution in [0.4, 0.5) is 17.3 Å². The number of pyridine rings is 1. The molecule has 0 fully saturated rings. The lowest BCUT2D eigenvalue weighted by Crippen LogP contribution is -2.05. The summed E-state index contributed by atoms with van der Waals surface area (Å²) in [5.74, 6) is -0.423. The zero-order valence-electron chi connectivity index (χ0n) is 12.0. The van der Waals surface area contributed by atoms with Crippen LogP contribution in [0.2, 0.25) is 0 Å². The summed E-state index contributed by atoms with van der Waals surface area (Å²) in [6, 6.07) is 8.05. The highest BCUT2D eigenvalue weighted by atomic mass is 16.4. The van der Waals surface area contributed by atoms with Gasteiger partial charge in [-0.05, 0) is 24.3 Å². The summed E-state index contributed by atoms with van der Waals surface area (Å²) in [5, 5.41) is 12.0. The van der Waals surface area contributed by atoms with Crippen LogP contribution >= 0.6 is 0 Å². The predicted molar refractivity (Wildman–Crippen MR) is 86.9 cm³/mol. The molecular weight excluding hydrogens is 296 g/mol. The number of anilines is 3. The van der Waals surface area contributed by atoms with Crippen molar-refractivity contribution in [2.24, 2.45) is 0 Å². The summed E-state index contributed by atoms with van der Waals surface area (Å²) in [6.07, 6.45) is 1.62. The Labute approximate surface area is 131 Å². The highest BCUT2D eigenvalue weighted by Gasteiger charge is 2.06. The highest BCUT2D eigenvalue weighted by Crippen LogP contribution is 2.18. The fourth-order valence-electron chi connectivity index (χ4n) is 2.10. The number of rotatable bonds is 4. The van der Waals surface area contributed by atoms with Crippen LogP contribution < -0.4 is 16.8 Å². The molecule has 0 saturated heterocycles. The minimum Gasteiger partial charge on any atom is -0.478 e. The molecule has 0 spiro atoms. The second kappa shape index (κ2) is 5.76. The van der Waals surface area contributed by atoms with Crippen molar-refractivity contribution in [3.8, 4) is 0 Å². The van der Waals surface area contributed by atoms with E-state index in [1.54, 1.807) is 24.4 Å². The van der Waals surface area contributed by atoms with Crippen LogP contribution in [0, 0.1) is 0 Å². The lowest BCUT2D eigenvalue weighted by molar-refractivity contribution is 0.0697. The normalized spacial score (nSPS) is 10.6. The number of aromatic carboxylic acids is 1. The molecule has 0 aliphatic carbocycles. The van der Waals surface area contributed by atoms with E-state index in [4.69, 9.17) is 16.6 Å². The van der Waals surface area contributed by atoms with Crippen molar-refractivity contribution < 1.29 is 9.90 Å². The predicted octanol–water partition coefficient (Wildman–Crippen LogP) is 1.50. The lowest BCUT2D eigenvalue weighted by Gasteiger charge is -2.08. The average Bonchev–Trinajstić information content (AvgIpc) is 2.53. The van der Waals surface area contributed by atoms with E-state index in [0.717, 1.165) is 5.69 Å². The number of carboxylic acids is 1. The number of nitrogens with one attached hydrogen (secondary N) is 1. The summed E-state index contributed by atoms with van der Waals surface area (Å²) in [6.45, 7) is 0.416. The van der Waals surface area contributed by atoms with E-state index in [-0.39, 0.29) is 11.4 Å². The van der Waals surface area contributed by atoms with Gasteiger partial charge in [0.25, 0.3) is 0 Å². The van der Waals surface area contributed by atoms with E-state index in [2.05, 4.69) is 20.3 Å². The summed E-state index contributed by atoms with van der Waals surface area (Å²) in [5.41, 5.74) is 14.2. The standard InChI is InChI=1S/C15H14N6O2/c16-12-5-11-13(14(17)21-12)20-10(7-19-11)6-18-9-3-1-8(2-4-9)15(22)23/h1-5,7,18H,6H2,(H,22,23)(H4,16,17,21). The summed E-state index contributed by atoms with van der Waals surface area (Å²) < 4.78 is 0. The van der Waals surface area contributed by atoms with E-state index in [1.165, 1.54) is 12.1 Å². The molecule has 0 atom stereocenters. The first-order valence-corrected chi connectivity index (χ1v) is 6.78. The third-order valence-electron chi connectivity index (χ3n) is 3.23. The fraction of sp³-hybridized carbons (Fsp3) is 0.0667. The Morgan fingerprint density at radius 2 is 1.91 bits per heavy atom. The van der Waals surface area contributed by atoms with Gasteiger partial charge in [-0.15, -0.1) is 0 Å². The maximum absolute atomic E-state index is 10.8. The molecule has 0 aliphatic rings.